The minimum absolute atomic E-state index is 0.0227. The number of aryl methyl sites for hydroxylation is 1. The van der Waals surface area contributed by atoms with Crippen LogP contribution in [-0.4, -0.2) is 59.0 Å². The first kappa shape index (κ1) is 15.1. The number of hydrogen-bond donors (Lipinski definition) is 1. The summed E-state index contributed by atoms with van der Waals surface area (Å²) in [6, 6.07) is 1.01. The van der Waals surface area contributed by atoms with Gasteiger partial charge in [0.2, 0.25) is 0 Å². The average Bonchev–Trinajstić information content (AvgIpc) is 2.93. The number of carbonyl (C=O) groups is 1. The van der Waals surface area contributed by atoms with Crippen LogP contribution in [0, 0.1) is 5.92 Å². The molecule has 1 N–H and O–H groups in total. The predicted molar refractivity (Wildman–Crippen MR) is 86.4 cm³/mol. The fourth-order valence-corrected chi connectivity index (χ4v) is 3.91. The first-order chi connectivity index (χ1) is 11.1. The van der Waals surface area contributed by atoms with E-state index in [-0.39, 0.29) is 17.9 Å². The zero-order valence-electron chi connectivity index (χ0n) is 14.0. The summed E-state index contributed by atoms with van der Waals surface area (Å²) in [6.07, 6.45) is 5.44. The van der Waals surface area contributed by atoms with Crippen LogP contribution in [0.25, 0.3) is 0 Å². The highest BCUT2D eigenvalue weighted by Crippen LogP contribution is 2.32. The van der Waals surface area contributed by atoms with E-state index in [2.05, 4.69) is 22.2 Å². The SMILES string of the molecule is C[C@@H]1CN(C2CC2)C[C@H]1NC(=O)c1cn(C)nc1[C@H]1CCOC1. The second kappa shape index (κ2) is 5.91. The molecule has 2 saturated heterocycles. The molecule has 0 unspecified atom stereocenters. The number of hydrogen-bond acceptors (Lipinski definition) is 4. The molecule has 3 heterocycles. The van der Waals surface area contributed by atoms with E-state index < -0.39 is 0 Å². The normalized spacial score (nSPS) is 31.7. The van der Waals surface area contributed by atoms with Gasteiger partial charge in [-0.1, -0.05) is 6.92 Å². The molecular weight excluding hydrogens is 292 g/mol. The van der Waals surface area contributed by atoms with Gasteiger partial charge < -0.3 is 10.1 Å². The average molecular weight is 318 g/mol. The summed E-state index contributed by atoms with van der Waals surface area (Å²) in [5.74, 6) is 0.782. The van der Waals surface area contributed by atoms with Gasteiger partial charge in [-0.2, -0.15) is 5.10 Å². The van der Waals surface area contributed by atoms with Crippen molar-refractivity contribution in [3.63, 3.8) is 0 Å². The molecule has 6 heteroatoms. The topological polar surface area (TPSA) is 59.4 Å². The molecule has 1 amide bonds. The van der Waals surface area contributed by atoms with Crippen LogP contribution in [0.3, 0.4) is 0 Å². The van der Waals surface area contributed by atoms with E-state index in [1.165, 1.54) is 12.8 Å². The third-order valence-corrected chi connectivity index (χ3v) is 5.44. The number of aromatic nitrogens is 2. The van der Waals surface area contributed by atoms with Crippen molar-refractivity contribution in [2.45, 2.75) is 44.2 Å². The lowest BCUT2D eigenvalue weighted by Gasteiger charge is -2.17. The van der Waals surface area contributed by atoms with Crippen molar-refractivity contribution in [3.05, 3.63) is 17.5 Å². The van der Waals surface area contributed by atoms with Crippen molar-refractivity contribution in [2.75, 3.05) is 26.3 Å². The fourth-order valence-electron chi connectivity index (χ4n) is 3.91. The summed E-state index contributed by atoms with van der Waals surface area (Å²) in [6.45, 7) is 5.76. The predicted octanol–water partition coefficient (Wildman–Crippen LogP) is 1.14. The summed E-state index contributed by atoms with van der Waals surface area (Å²) < 4.78 is 7.21. The monoisotopic (exact) mass is 318 g/mol. The van der Waals surface area contributed by atoms with E-state index in [4.69, 9.17) is 4.74 Å². The van der Waals surface area contributed by atoms with Gasteiger partial charge in [0.1, 0.15) is 0 Å². The Labute approximate surface area is 137 Å². The Hall–Kier alpha value is -1.40. The molecule has 3 aliphatic rings. The van der Waals surface area contributed by atoms with Crippen molar-refractivity contribution < 1.29 is 9.53 Å². The van der Waals surface area contributed by atoms with E-state index >= 15 is 0 Å². The third kappa shape index (κ3) is 3.02. The highest BCUT2D eigenvalue weighted by atomic mass is 16.5. The maximum absolute atomic E-state index is 12.8. The van der Waals surface area contributed by atoms with Crippen molar-refractivity contribution >= 4 is 5.91 Å². The molecular formula is C17H26N4O2. The Kier molecular flexibility index (Phi) is 3.89. The molecule has 1 aromatic heterocycles. The van der Waals surface area contributed by atoms with Gasteiger partial charge in [-0.3, -0.25) is 14.4 Å². The van der Waals surface area contributed by atoms with E-state index in [1.807, 2.05) is 13.2 Å². The zero-order valence-corrected chi connectivity index (χ0v) is 14.0. The molecule has 1 aromatic rings. The summed E-state index contributed by atoms with van der Waals surface area (Å²) in [4.78, 5) is 15.3. The van der Waals surface area contributed by atoms with Crippen LogP contribution >= 0.6 is 0 Å². The lowest BCUT2D eigenvalue weighted by Crippen LogP contribution is -2.40. The molecule has 3 fully saturated rings. The number of nitrogens with zero attached hydrogens (tertiary/aromatic N) is 3. The maximum Gasteiger partial charge on any atom is 0.255 e. The highest BCUT2D eigenvalue weighted by molar-refractivity contribution is 5.95. The van der Waals surface area contributed by atoms with Crippen molar-refractivity contribution in [1.29, 1.82) is 0 Å². The fraction of sp³-hybridized carbons (Fsp3) is 0.765. The van der Waals surface area contributed by atoms with E-state index in [9.17, 15) is 4.79 Å². The van der Waals surface area contributed by atoms with Crippen LogP contribution in [0.5, 0.6) is 0 Å². The quantitative estimate of drug-likeness (QED) is 0.904. The highest BCUT2D eigenvalue weighted by Gasteiger charge is 2.39. The van der Waals surface area contributed by atoms with E-state index in [0.717, 1.165) is 43.4 Å². The van der Waals surface area contributed by atoms with Gasteiger partial charge in [0.05, 0.1) is 17.9 Å². The maximum atomic E-state index is 12.8. The first-order valence-corrected chi connectivity index (χ1v) is 8.78. The third-order valence-electron chi connectivity index (χ3n) is 5.44. The van der Waals surface area contributed by atoms with Gasteiger partial charge in [-0.15, -0.1) is 0 Å². The minimum atomic E-state index is 0.0227. The molecule has 1 aliphatic carbocycles. The van der Waals surface area contributed by atoms with Crippen molar-refractivity contribution in [3.8, 4) is 0 Å². The first-order valence-electron chi connectivity index (χ1n) is 8.78. The van der Waals surface area contributed by atoms with Crippen LogP contribution in [0.2, 0.25) is 0 Å². The zero-order chi connectivity index (χ0) is 16.0. The van der Waals surface area contributed by atoms with Crippen LogP contribution in [0.4, 0.5) is 0 Å². The lowest BCUT2D eigenvalue weighted by atomic mass is 10.00. The number of likely N-dealkylation sites (tertiary alicyclic amines) is 1. The Morgan fingerprint density at radius 1 is 1.35 bits per heavy atom. The van der Waals surface area contributed by atoms with Crippen LogP contribution in [-0.2, 0) is 11.8 Å². The van der Waals surface area contributed by atoms with Gasteiger partial charge >= 0.3 is 0 Å². The second-order valence-electron chi connectivity index (χ2n) is 7.40. The van der Waals surface area contributed by atoms with Crippen LogP contribution in [0.1, 0.15) is 48.2 Å². The molecule has 0 radical (unpaired) electrons. The Morgan fingerprint density at radius 3 is 2.87 bits per heavy atom. The number of ether oxygens (including phenoxy) is 1. The summed E-state index contributed by atoms with van der Waals surface area (Å²) >= 11 is 0. The van der Waals surface area contributed by atoms with E-state index in [1.54, 1.807) is 4.68 Å². The van der Waals surface area contributed by atoms with Crippen LogP contribution in [0.15, 0.2) is 6.20 Å². The molecule has 0 bridgehead atoms. The molecule has 4 rings (SSSR count). The summed E-state index contributed by atoms with van der Waals surface area (Å²) in [7, 11) is 1.88. The second-order valence-corrected chi connectivity index (χ2v) is 7.40. The van der Waals surface area contributed by atoms with Gasteiger partial charge in [0.25, 0.3) is 5.91 Å². The van der Waals surface area contributed by atoms with Crippen molar-refractivity contribution in [1.82, 2.24) is 20.0 Å². The molecule has 126 valence electrons. The lowest BCUT2D eigenvalue weighted by molar-refractivity contribution is 0.0929. The van der Waals surface area contributed by atoms with Gasteiger partial charge in [-0.25, -0.2) is 0 Å². The summed E-state index contributed by atoms with van der Waals surface area (Å²) in [5, 5.41) is 7.79. The van der Waals surface area contributed by atoms with E-state index in [0.29, 0.717) is 12.5 Å². The van der Waals surface area contributed by atoms with Crippen LogP contribution < -0.4 is 5.32 Å². The molecule has 3 atom stereocenters. The molecule has 0 spiro atoms. The molecule has 6 nitrogen and oxygen atoms in total. The summed E-state index contributed by atoms with van der Waals surface area (Å²) in [5.41, 5.74) is 1.62. The largest absolute Gasteiger partial charge is 0.381 e. The van der Waals surface area contributed by atoms with Gasteiger partial charge in [-0.05, 0) is 25.2 Å². The molecule has 1 saturated carbocycles. The Balaban J connectivity index is 1.46. The Bertz CT molecular complexity index is 589. The van der Waals surface area contributed by atoms with Gasteiger partial charge in [0, 0.05) is 50.9 Å². The molecule has 0 aromatic carbocycles. The number of amides is 1. The smallest absolute Gasteiger partial charge is 0.255 e. The molecule has 2 aliphatic heterocycles. The number of nitrogens with one attached hydrogen (secondary N) is 1. The standard InChI is InChI=1S/C17H26N4O2/c1-11-7-21(13-3-4-13)9-15(11)18-17(22)14-8-20(2)19-16(14)12-5-6-23-10-12/h8,11-13,15H,3-7,9-10H2,1-2H3,(H,18,22)/t11-,12+,15-/m1/s1. The number of carbonyl (C=O) groups excluding carboxylic acids is 1. The molecule has 23 heavy (non-hydrogen) atoms. The van der Waals surface area contributed by atoms with Gasteiger partial charge in [0.15, 0.2) is 0 Å². The number of rotatable bonds is 4. The Morgan fingerprint density at radius 2 is 2.17 bits per heavy atom. The van der Waals surface area contributed by atoms with Crippen molar-refractivity contribution in [2.24, 2.45) is 13.0 Å². The minimum Gasteiger partial charge on any atom is -0.381 e.